The molecular weight excluding hydrogens is 334 g/mol. The normalized spacial score (nSPS) is 9.69. The molecule has 0 saturated carbocycles. The van der Waals surface area contributed by atoms with E-state index in [1.807, 2.05) is 6.07 Å². The summed E-state index contributed by atoms with van der Waals surface area (Å²) in [7, 11) is 1.25. The molecule has 0 saturated heterocycles. The van der Waals surface area contributed by atoms with Crippen molar-refractivity contribution < 1.29 is 19.1 Å². The van der Waals surface area contributed by atoms with Gasteiger partial charge in [0, 0.05) is 11.3 Å². The molecule has 0 aliphatic heterocycles. The smallest absolute Gasteiger partial charge is 0.325 e. The fourth-order valence-electron chi connectivity index (χ4n) is 2.13. The molecule has 0 bridgehead atoms. The Balaban J connectivity index is 1.92. The van der Waals surface area contributed by atoms with Crippen molar-refractivity contribution in [1.29, 1.82) is 5.26 Å². The number of nitriles is 1. The van der Waals surface area contributed by atoms with E-state index in [0.29, 0.717) is 16.8 Å². The number of hydrogen-bond acceptors (Lipinski definition) is 5. The van der Waals surface area contributed by atoms with Crippen LogP contribution in [0.15, 0.2) is 48.5 Å². The first-order valence-electron chi connectivity index (χ1n) is 7.76. The molecule has 26 heavy (non-hydrogen) atoms. The quantitative estimate of drug-likeness (QED) is 0.769. The van der Waals surface area contributed by atoms with Crippen molar-refractivity contribution in [3.05, 3.63) is 65.2 Å². The summed E-state index contributed by atoms with van der Waals surface area (Å²) in [5.41, 5.74) is 2.09. The van der Waals surface area contributed by atoms with Crippen LogP contribution in [0, 0.1) is 11.3 Å². The van der Waals surface area contributed by atoms with Crippen LogP contribution in [0.1, 0.15) is 21.5 Å². The largest absolute Gasteiger partial charge is 0.468 e. The van der Waals surface area contributed by atoms with Gasteiger partial charge in [-0.2, -0.15) is 5.26 Å². The molecule has 7 nitrogen and oxygen atoms in total. The predicted molar refractivity (Wildman–Crippen MR) is 94.3 cm³/mol. The Bertz CT molecular complexity index is 854. The summed E-state index contributed by atoms with van der Waals surface area (Å²) in [6.45, 7) is -0.175. The molecule has 2 aromatic rings. The lowest BCUT2D eigenvalue weighted by Gasteiger charge is -2.07. The molecule has 0 aliphatic carbocycles. The first kappa shape index (κ1) is 18.7. The minimum Gasteiger partial charge on any atom is -0.468 e. The fourth-order valence-corrected chi connectivity index (χ4v) is 2.13. The highest BCUT2D eigenvalue weighted by Crippen LogP contribution is 2.13. The van der Waals surface area contributed by atoms with Crippen LogP contribution in [0.25, 0.3) is 0 Å². The molecule has 0 radical (unpaired) electrons. The topological polar surface area (TPSA) is 108 Å². The Morgan fingerprint density at radius 3 is 2.50 bits per heavy atom. The van der Waals surface area contributed by atoms with Gasteiger partial charge in [-0.15, -0.1) is 0 Å². The maximum absolute atomic E-state index is 12.2. The summed E-state index contributed by atoms with van der Waals surface area (Å²) in [6.07, 6.45) is 0.107. The van der Waals surface area contributed by atoms with Crippen LogP contribution in [-0.4, -0.2) is 31.4 Å². The molecule has 0 unspecified atom stereocenters. The molecule has 2 rings (SSSR count). The monoisotopic (exact) mass is 351 g/mol. The second-order valence-electron chi connectivity index (χ2n) is 5.37. The van der Waals surface area contributed by atoms with Gasteiger partial charge in [0.2, 0.25) is 5.91 Å². The second-order valence-corrected chi connectivity index (χ2v) is 5.37. The Morgan fingerprint density at radius 1 is 1.12 bits per heavy atom. The van der Waals surface area contributed by atoms with E-state index >= 15 is 0 Å². The van der Waals surface area contributed by atoms with Crippen LogP contribution in [0.5, 0.6) is 0 Å². The van der Waals surface area contributed by atoms with E-state index in [0.717, 1.165) is 5.56 Å². The van der Waals surface area contributed by atoms with Crippen molar-refractivity contribution in [2.45, 2.75) is 6.42 Å². The number of methoxy groups -OCH3 is 1. The molecule has 0 fully saturated rings. The average Bonchev–Trinajstić information content (AvgIpc) is 2.67. The second kappa shape index (κ2) is 8.99. The number of anilines is 1. The third-order valence-corrected chi connectivity index (χ3v) is 3.49. The SMILES string of the molecule is COC(=O)CNC(=O)Cc1ccc(NC(=O)c2cccc(C#N)c2)cc1. The van der Waals surface area contributed by atoms with Crippen molar-refractivity contribution in [3.63, 3.8) is 0 Å². The zero-order valence-electron chi connectivity index (χ0n) is 14.1. The van der Waals surface area contributed by atoms with Gasteiger partial charge in [0.25, 0.3) is 5.91 Å². The molecule has 2 amide bonds. The number of benzene rings is 2. The Labute approximate surface area is 150 Å². The van der Waals surface area contributed by atoms with E-state index in [1.165, 1.54) is 13.2 Å². The van der Waals surface area contributed by atoms with Crippen LogP contribution in [-0.2, 0) is 20.7 Å². The number of carbonyl (C=O) groups is 3. The van der Waals surface area contributed by atoms with Crippen molar-refractivity contribution in [3.8, 4) is 6.07 Å². The van der Waals surface area contributed by atoms with Crippen molar-refractivity contribution in [2.24, 2.45) is 0 Å². The summed E-state index contributed by atoms with van der Waals surface area (Å²) in [5.74, 6) is -1.15. The van der Waals surface area contributed by atoms with Crippen LogP contribution in [0.4, 0.5) is 5.69 Å². The van der Waals surface area contributed by atoms with Crippen molar-refractivity contribution >= 4 is 23.5 Å². The summed E-state index contributed by atoms with van der Waals surface area (Å²) in [4.78, 5) is 34.9. The van der Waals surface area contributed by atoms with Gasteiger partial charge in [0.05, 0.1) is 25.2 Å². The Kier molecular flexibility index (Phi) is 6.46. The maximum Gasteiger partial charge on any atom is 0.325 e. The molecule has 2 aromatic carbocycles. The van der Waals surface area contributed by atoms with Crippen LogP contribution in [0.3, 0.4) is 0 Å². The molecular formula is C19H17N3O4. The molecule has 2 N–H and O–H groups in total. The highest BCUT2D eigenvalue weighted by Gasteiger charge is 2.09. The van der Waals surface area contributed by atoms with Gasteiger partial charge >= 0.3 is 5.97 Å². The van der Waals surface area contributed by atoms with E-state index in [4.69, 9.17) is 5.26 Å². The number of amides is 2. The zero-order valence-corrected chi connectivity index (χ0v) is 14.1. The summed E-state index contributed by atoms with van der Waals surface area (Å²) >= 11 is 0. The summed E-state index contributed by atoms with van der Waals surface area (Å²) in [6, 6.07) is 15.1. The Morgan fingerprint density at radius 2 is 1.85 bits per heavy atom. The van der Waals surface area contributed by atoms with Crippen LogP contribution < -0.4 is 10.6 Å². The summed E-state index contributed by atoms with van der Waals surface area (Å²) < 4.78 is 4.44. The van der Waals surface area contributed by atoms with Crippen LogP contribution in [0.2, 0.25) is 0 Å². The van der Waals surface area contributed by atoms with Gasteiger partial charge in [-0.05, 0) is 35.9 Å². The molecule has 7 heteroatoms. The highest BCUT2D eigenvalue weighted by molar-refractivity contribution is 6.04. The molecule has 0 aromatic heterocycles. The maximum atomic E-state index is 12.2. The number of ether oxygens (including phenoxy) is 1. The minimum absolute atomic E-state index is 0.107. The number of nitrogens with zero attached hydrogens (tertiary/aromatic N) is 1. The lowest BCUT2D eigenvalue weighted by Crippen LogP contribution is -2.31. The Hall–Kier alpha value is -3.66. The summed E-state index contributed by atoms with van der Waals surface area (Å²) in [5, 5.41) is 14.1. The van der Waals surface area contributed by atoms with Gasteiger partial charge in [0.1, 0.15) is 6.54 Å². The third-order valence-electron chi connectivity index (χ3n) is 3.49. The molecule has 0 spiro atoms. The third kappa shape index (κ3) is 5.46. The number of carbonyl (C=O) groups excluding carboxylic acids is 3. The molecule has 0 aliphatic rings. The first-order valence-corrected chi connectivity index (χ1v) is 7.76. The minimum atomic E-state index is -0.517. The molecule has 0 heterocycles. The van der Waals surface area contributed by atoms with Crippen LogP contribution >= 0.6 is 0 Å². The van der Waals surface area contributed by atoms with Crippen molar-refractivity contribution in [2.75, 3.05) is 19.0 Å². The van der Waals surface area contributed by atoms with E-state index in [1.54, 1.807) is 42.5 Å². The predicted octanol–water partition coefficient (Wildman–Crippen LogP) is 1.64. The lowest BCUT2D eigenvalue weighted by atomic mass is 10.1. The van der Waals surface area contributed by atoms with Gasteiger partial charge in [-0.25, -0.2) is 0 Å². The molecule has 132 valence electrons. The molecule has 0 atom stereocenters. The average molecular weight is 351 g/mol. The van der Waals surface area contributed by atoms with Gasteiger partial charge in [-0.3, -0.25) is 14.4 Å². The van der Waals surface area contributed by atoms with Gasteiger partial charge in [0.15, 0.2) is 0 Å². The van der Waals surface area contributed by atoms with E-state index in [-0.39, 0.29) is 24.8 Å². The van der Waals surface area contributed by atoms with E-state index in [9.17, 15) is 14.4 Å². The zero-order chi connectivity index (χ0) is 18.9. The lowest BCUT2D eigenvalue weighted by molar-refractivity contribution is -0.141. The number of nitrogens with one attached hydrogen (secondary N) is 2. The fraction of sp³-hybridized carbons (Fsp3) is 0.158. The number of esters is 1. The van der Waals surface area contributed by atoms with E-state index < -0.39 is 5.97 Å². The number of rotatable bonds is 6. The first-order chi connectivity index (χ1) is 12.5. The van der Waals surface area contributed by atoms with Crippen molar-refractivity contribution in [1.82, 2.24) is 5.32 Å². The van der Waals surface area contributed by atoms with Gasteiger partial charge in [-0.1, -0.05) is 18.2 Å². The standard InChI is InChI=1S/C19H17N3O4/c1-26-18(24)12-21-17(23)10-13-5-7-16(8-6-13)22-19(25)15-4-2-3-14(9-15)11-20/h2-9H,10,12H2,1H3,(H,21,23)(H,22,25). The van der Waals surface area contributed by atoms with Gasteiger partial charge < -0.3 is 15.4 Å². The highest BCUT2D eigenvalue weighted by atomic mass is 16.5. The van der Waals surface area contributed by atoms with E-state index in [2.05, 4.69) is 15.4 Å². The number of hydrogen-bond donors (Lipinski definition) is 2.